The Morgan fingerprint density at radius 1 is 1.33 bits per heavy atom. The van der Waals surface area contributed by atoms with E-state index >= 15 is 0 Å². The molecule has 2 rings (SSSR count). The summed E-state index contributed by atoms with van der Waals surface area (Å²) in [6.45, 7) is 0.248. The molecule has 0 radical (unpaired) electrons. The molecule has 0 heterocycles. The fraction of sp³-hybridized carbons (Fsp3) is 0.500. The Morgan fingerprint density at radius 2 is 1.95 bits per heavy atom. The zero-order chi connectivity index (χ0) is 15.6. The second-order valence-electron chi connectivity index (χ2n) is 5.34. The molecule has 0 bridgehead atoms. The highest BCUT2D eigenvalue weighted by Gasteiger charge is 2.43. The van der Waals surface area contributed by atoms with Crippen LogP contribution < -0.4 is 0 Å². The quantitative estimate of drug-likeness (QED) is 0.857. The highest BCUT2D eigenvalue weighted by atomic mass is 79.9. The highest BCUT2D eigenvalue weighted by molar-refractivity contribution is 9.10. The van der Waals surface area contributed by atoms with Gasteiger partial charge in [0.2, 0.25) is 10.0 Å². The first kappa shape index (κ1) is 16.5. The Morgan fingerprint density at radius 3 is 2.52 bits per heavy atom. The first-order valence-electron chi connectivity index (χ1n) is 6.75. The van der Waals surface area contributed by atoms with Crippen molar-refractivity contribution in [3.8, 4) is 0 Å². The SMILES string of the molecule is CN(Cc1ccc(Br)cc1)S(=O)(=O)C1CCCC1C(=O)O. The summed E-state index contributed by atoms with van der Waals surface area (Å²) in [6, 6.07) is 7.40. The van der Waals surface area contributed by atoms with Crippen molar-refractivity contribution in [2.75, 3.05) is 7.05 Å². The van der Waals surface area contributed by atoms with Gasteiger partial charge < -0.3 is 5.11 Å². The number of rotatable bonds is 5. The maximum atomic E-state index is 12.6. The average Bonchev–Trinajstić information content (AvgIpc) is 2.91. The van der Waals surface area contributed by atoms with Crippen LogP contribution in [-0.2, 0) is 21.4 Å². The van der Waals surface area contributed by atoms with E-state index in [9.17, 15) is 13.2 Å². The Bertz CT molecular complexity index is 614. The zero-order valence-electron chi connectivity index (χ0n) is 11.7. The van der Waals surface area contributed by atoms with Gasteiger partial charge in [-0.1, -0.05) is 34.5 Å². The molecule has 5 nitrogen and oxygen atoms in total. The first-order chi connectivity index (χ1) is 9.82. The molecule has 0 aliphatic heterocycles. The number of nitrogens with zero attached hydrogens (tertiary/aromatic N) is 1. The molecule has 1 fully saturated rings. The third-order valence-corrected chi connectivity index (χ3v) is 6.76. The molecule has 0 aromatic heterocycles. The predicted octanol–water partition coefficient (Wildman–Crippen LogP) is 2.46. The molecule has 2 atom stereocenters. The van der Waals surface area contributed by atoms with E-state index in [0.29, 0.717) is 19.3 Å². The molecule has 1 N–H and O–H groups in total. The van der Waals surface area contributed by atoms with Crippen molar-refractivity contribution in [3.63, 3.8) is 0 Å². The Labute approximate surface area is 133 Å². The lowest BCUT2D eigenvalue weighted by atomic mass is 10.1. The fourth-order valence-corrected chi connectivity index (χ4v) is 4.92. The lowest BCUT2D eigenvalue weighted by molar-refractivity contribution is -0.141. The minimum absolute atomic E-state index is 0.248. The van der Waals surface area contributed by atoms with Gasteiger partial charge in [-0.25, -0.2) is 12.7 Å². The summed E-state index contributed by atoms with van der Waals surface area (Å²) in [5, 5.41) is 8.35. The van der Waals surface area contributed by atoms with Crippen LogP contribution in [0.3, 0.4) is 0 Å². The molecule has 1 aromatic carbocycles. The monoisotopic (exact) mass is 375 g/mol. The zero-order valence-corrected chi connectivity index (χ0v) is 14.1. The number of benzene rings is 1. The second kappa shape index (κ2) is 6.46. The minimum Gasteiger partial charge on any atom is -0.481 e. The van der Waals surface area contributed by atoms with Crippen LogP contribution in [0.25, 0.3) is 0 Å². The van der Waals surface area contributed by atoms with Crippen LogP contribution in [0.15, 0.2) is 28.7 Å². The van der Waals surface area contributed by atoms with Gasteiger partial charge in [0.1, 0.15) is 0 Å². The summed E-state index contributed by atoms with van der Waals surface area (Å²) in [6.07, 6.45) is 1.50. The highest BCUT2D eigenvalue weighted by Crippen LogP contribution is 2.33. The van der Waals surface area contributed by atoms with Crippen molar-refractivity contribution in [1.29, 1.82) is 0 Å². The molecular weight excluding hydrogens is 358 g/mol. The van der Waals surface area contributed by atoms with Gasteiger partial charge in [-0.15, -0.1) is 0 Å². The fourth-order valence-electron chi connectivity index (χ4n) is 2.73. The van der Waals surface area contributed by atoms with Crippen LogP contribution in [0.1, 0.15) is 24.8 Å². The van der Waals surface area contributed by atoms with Crippen molar-refractivity contribution in [1.82, 2.24) is 4.31 Å². The number of halogens is 1. The molecule has 7 heteroatoms. The lowest BCUT2D eigenvalue weighted by Crippen LogP contribution is -2.39. The smallest absolute Gasteiger partial charge is 0.307 e. The number of hydrogen-bond acceptors (Lipinski definition) is 3. The number of carbonyl (C=O) groups is 1. The third kappa shape index (κ3) is 3.64. The summed E-state index contributed by atoms with van der Waals surface area (Å²) < 4.78 is 27.3. The number of sulfonamides is 1. The standard InChI is InChI=1S/C14H18BrNO4S/c1-16(9-10-5-7-11(15)8-6-10)21(19,20)13-4-2-3-12(13)14(17)18/h5-8,12-13H,2-4,9H2,1H3,(H,17,18). The van der Waals surface area contributed by atoms with E-state index < -0.39 is 27.2 Å². The summed E-state index contributed by atoms with van der Waals surface area (Å²) in [5.41, 5.74) is 0.870. The van der Waals surface area contributed by atoms with Crippen molar-refractivity contribution in [2.24, 2.45) is 5.92 Å². The molecule has 116 valence electrons. The van der Waals surface area contributed by atoms with E-state index in [1.807, 2.05) is 24.3 Å². The van der Waals surface area contributed by atoms with Gasteiger partial charge in [0.05, 0.1) is 11.2 Å². The van der Waals surface area contributed by atoms with E-state index in [-0.39, 0.29) is 6.54 Å². The van der Waals surface area contributed by atoms with Gasteiger partial charge in [-0.2, -0.15) is 0 Å². The van der Waals surface area contributed by atoms with Crippen LogP contribution in [0.5, 0.6) is 0 Å². The van der Waals surface area contributed by atoms with Crippen molar-refractivity contribution >= 4 is 31.9 Å². The van der Waals surface area contributed by atoms with Crippen LogP contribution in [0.4, 0.5) is 0 Å². The predicted molar refractivity (Wildman–Crippen MR) is 83.3 cm³/mol. The molecule has 1 aromatic rings. The molecule has 0 saturated heterocycles. The molecule has 0 amide bonds. The molecule has 1 aliphatic rings. The van der Waals surface area contributed by atoms with Gasteiger partial charge in [-0.05, 0) is 30.5 Å². The second-order valence-corrected chi connectivity index (χ2v) is 8.52. The van der Waals surface area contributed by atoms with E-state index in [1.165, 1.54) is 11.4 Å². The summed E-state index contributed by atoms with van der Waals surface area (Å²) >= 11 is 3.33. The number of aliphatic carboxylic acids is 1. The number of carboxylic acid groups (broad SMARTS) is 1. The van der Waals surface area contributed by atoms with Crippen LogP contribution in [-0.4, -0.2) is 36.1 Å². The van der Waals surface area contributed by atoms with E-state index in [2.05, 4.69) is 15.9 Å². The van der Waals surface area contributed by atoms with Crippen molar-refractivity contribution in [3.05, 3.63) is 34.3 Å². The summed E-state index contributed by atoms with van der Waals surface area (Å²) in [5.74, 6) is -1.81. The lowest BCUT2D eigenvalue weighted by Gasteiger charge is -2.24. The Kier molecular flexibility index (Phi) is 5.06. The number of hydrogen-bond donors (Lipinski definition) is 1. The Balaban J connectivity index is 2.15. The van der Waals surface area contributed by atoms with E-state index in [1.54, 1.807) is 0 Å². The topological polar surface area (TPSA) is 74.7 Å². The van der Waals surface area contributed by atoms with Gasteiger partial charge >= 0.3 is 5.97 Å². The molecule has 2 unspecified atom stereocenters. The Hall–Kier alpha value is -0.920. The maximum absolute atomic E-state index is 12.6. The van der Waals surface area contributed by atoms with Crippen LogP contribution in [0, 0.1) is 5.92 Å². The number of carboxylic acids is 1. The first-order valence-corrected chi connectivity index (χ1v) is 9.04. The van der Waals surface area contributed by atoms with Crippen LogP contribution in [0.2, 0.25) is 0 Å². The van der Waals surface area contributed by atoms with Gasteiger partial charge in [0.25, 0.3) is 0 Å². The largest absolute Gasteiger partial charge is 0.481 e. The summed E-state index contributed by atoms with van der Waals surface area (Å²) in [7, 11) is -2.09. The molecule has 1 saturated carbocycles. The molecule has 0 spiro atoms. The molecule has 1 aliphatic carbocycles. The van der Waals surface area contributed by atoms with Crippen molar-refractivity contribution in [2.45, 2.75) is 31.1 Å². The van der Waals surface area contributed by atoms with Gasteiger partial charge in [0, 0.05) is 18.1 Å². The van der Waals surface area contributed by atoms with Crippen molar-refractivity contribution < 1.29 is 18.3 Å². The van der Waals surface area contributed by atoms with E-state index in [4.69, 9.17) is 5.11 Å². The molecule has 21 heavy (non-hydrogen) atoms. The average molecular weight is 376 g/mol. The van der Waals surface area contributed by atoms with Gasteiger partial charge in [-0.3, -0.25) is 4.79 Å². The minimum atomic E-state index is -3.60. The summed E-state index contributed by atoms with van der Waals surface area (Å²) in [4.78, 5) is 11.2. The van der Waals surface area contributed by atoms with Gasteiger partial charge in [0.15, 0.2) is 0 Å². The maximum Gasteiger partial charge on any atom is 0.307 e. The van der Waals surface area contributed by atoms with E-state index in [0.717, 1.165) is 10.0 Å². The normalized spacial score (nSPS) is 22.6. The molecular formula is C14H18BrNO4S. The third-order valence-electron chi connectivity index (χ3n) is 3.91. The van der Waals surface area contributed by atoms with Crippen LogP contribution >= 0.6 is 15.9 Å².